The molecule has 1 heterocycles. The molecular formula is C9H17N3O. The van der Waals surface area contributed by atoms with Crippen LogP contribution in [0.2, 0.25) is 0 Å². The Bertz CT molecular complexity index is 268. The van der Waals surface area contributed by atoms with Crippen LogP contribution in [-0.2, 0) is 0 Å². The van der Waals surface area contributed by atoms with Gasteiger partial charge in [-0.2, -0.15) is 4.98 Å². The molecule has 0 spiro atoms. The van der Waals surface area contributed by atoms with Gasteiger partial charge in [-0.3, -0.25) is 4.90 Å². The Labute approximate surface area is 78.9 Å². The summed E-state index contributed by atoms with van der Waals surface area (Å²) in [6.07, 6.45) is 0. The van der Waals surface area contributed by atoms with E-state index in [1.54, 1.807) is 0 Å². The molecule has 0 aromatic carbocycles. The molecule has 0 amide bonds. The minimum absolute atomic E-state index is 0.181. The molecule has 0 fully saturated rings. The molecule has 0 saturated carbocycles. The fourth-order valence-electron chi connectivity index (χ4n) is 0.872. The van der Waals surface area contributed by atoms with Crippen molar-refractivity contribution in [2.24, 2.45) is 0 Å². The summed E-state index contributed by atoms with van der Waals surface area (Å²) in [6, 6.07) is 0.181. The number of hydrogen-bond acceptors (Lipinski definition) is 4. The minimum Gasteiger partial charge on any atom is -0.338 e. The lowest BCUT2D eigenvalue weighted by Gasteiger charge is -2.14. The summed E-state index contributed by atoms with van der Waals surface area (Å²) >= 11 is 0. The van der Waals surface area contributed by atoms with Crippen molar-refractivity contribution in [2.75, 3.05) is 14.1 Å². The molecule has 4 nitrogen and oxygen atoms in total. The van der Waals surface area contributed by atoms with Crippen molar-refractivity contribution in [3.63, 3.8) is 0 Å². The second-order valence-electron chi connectivity index (χ2n) is 3.79. The van der Waals surface area contributed by atoms with Crippen molar-refractivity contribution in [1.29, 1.82) is 0 Å². The lowest BCUT2D eigenvalue weighted by Crippen LogP contribution is -2.17. The van der Waals surface area contributed by atoms with Crippen LogP contribution >= 0.6 is 0 Å². The maximum absolute atomic E-state index is 5.15. The highest BCUT2D eigenvalue weighted by Crippen LogP contribution is 2.17. The van der Waals surface area contributed by atoms with Crippen molar-refractivity contribution >= 4 is 0 Å². The van der Waals surface area contributed by atoms with Crippen LogP contribution in [0.5, 0.6) is 0 Å². The highest BCUT2D eigenvalue weighted by atomic mass is 16.5. The molecule has 0 saturated heterocycles. The summed E-state index contributed by atoms with van der Waals surface area (Å²) in [6.45, 7) is 6.14. The van der Waals surface area contributed by atoms with Crippen LogP contribution in [0.15, 0.2) is 4.52 Å². The standard InChI is InChI=1S/C9H17N3O/c1-6(2)8-10-9(13-11-8)7(3)12(4)5/h6-7H,1-5H3. The van der Waals surface area contributed by atoms with Crippen LogP contribution in [0.25, 0.3) is 0 Å². The van der Waals surface area contributed by atoms with Gasteiger partial charge in [-0.1, -0.05) is 19.0 Å². The summed E-state index contributed by atoms with van der Waals surface area (Å²) in [5, 5.41) is 3.91. The fraction of sp³-hybridized carbons (Fsp3) is 0.778. The molecule has 1 atom stereocenters. The van der Waals surface area contributed by atoms with Gasteiger partial charge in [0.05, 0.1) is 6.04 Å². The van der Waals surface area contributed by atoms with Gasteiger partial charge in [0.25, 0.3) is 0 Å². The number of hydrogen-bond donors (Lipinski definition) is 0. The molecular weight excluding hydrogens is 166 g/mol. The topological polar surface area (TPSA) is 42.2 Å². The molecule has 0 N–H and O–H groups in total. The zero-order valence-electron chi connectivity index (χ0n) is 8.90. The predicted molar refractivity (Wildman–Crippen MR) is 50.5 cm³/mol. The molecule has 0 aliphatic rings. The minimum atomic E-state index is 0.181. The first-order valence-corrected chi connectivity index (χ1v) is 4.52. The fourth-order valence-corrected chi connectivity index (χ4v) is 0.872. The SMILES string of the molecule is CC(C)c1noc(C(C)N(C)C)n1. The Morgan fingerprint density at radius 2 is 1.85 bits per heavy atom. The van der Waals surface area contributed by atoms with E-state index in [9.17, 15) is 0 Å². The Balaban J connectivity index is 2.79. The van der Waals surface area contributed by atoms with Gasteiger partial charge in [-0.05, 0) is 21.0 Å². The van der Waals surface area contributed by atoms with E-state index in [-0.39, 0.29) is 6.04 Å². The van der Waals surface area contributed by atoms with Crippen LogP contribution in [0.1, 0.15) is 44.4 Å². The van der Waals surface area contributed by atoms with Crippen molar-refractivity contribution < 1.29 is 4.52 Å². The third kappa shape index (κ3) is 2.28. The van der Waals surface area contributed by atoms with Crippen molar-refractivity contribution in [3.05, 3.63) is 11.7 Å². The van der Waals surface area contributed by atoms with Gasteiger partial charge in [-0.15, -0.1) is 0 Å². The third-order valence-corrected chi connectivity index (χ3v) is 2.11. The molecule has 1 aromatic heterocycles. The Morgan fingerprint density at radius 1 is 1.23 bits per heavy atom. The summed E-state index contributed by atoms with van der Waals surface area (Å²) in [5.41, 5.74) is 0. The summed E-state index contributed by atoms with van der Waals surface area (Å²) in [4.78, 5) is 6.35. The number of rotatable bonds is 3. The maximum atomic E-state index is 5.15. The second kappa shape index (κ2) is 3.87. The molecule has 0 aliphatic carbocycles. The molecule has 1 unspecified atom stereocenters. The van der Waals surface area contributed by atoms with E-state index in [0.717, 1.165) is 5.82 Å². The molecule has 1 rings (SSSR count). The summed E-state index contributed by atoms with van der Waals surface area (Å²) < 4.78 is 5.15. The van der Waals surface area contributed by atoms with Gasteiger partial charge >= 0.3 is 0 Å². The van der Waals surface area contributed by atoms with Crippen LogP contribution in [0.4, 0.5) is 0 Å². The molecule has 0 aliphatic heterocycles. The van der Waals surface area contributed by atoms with Crippen LogP contribution in [0.3, 0.4) is 0 Å². The van der Waals surface area contributed by atoms with E-state index >= 15 is 0 Å². The first-order chi connectivity index (χ1) is 6.02. The summed E-state index contributed by atoms with van der Waals surface area (Å²) in [5.74, 6) is 1.80. The molecule has 0 radical (unpaired) electrons. The molecule has 4 heteroatoms. The molecule has 13 heavy (non-hydrogen) atoms. The van der Waals surface area contributed by atoms with Crippen LogP contribution < -0.4 is 0 Å². The lowest BCUT2D eigenvalue weighted by molar-refractivity contribution is 0.244. The first-order valence-electron chi connectivity index (χ1n) is 4.52. The van der Waals surface area contributed by atoms with Crippen molar-refractivity contribution in [3.8, 4) is 0 Å². The van der Waals surface area contributed by atoms with Gasteiger partial charge in [-0.25, -0.2) is 0 Å². The normalized spacial score (nSPS) is 14.1. The average Bonchev–Trinajstić information content (AvgIpc) is 2.50. The van der Waals surface area contributed by atoms with Gasteiger partial charge in [0, 0.05) is 5.92 Å². The van der Waals surface area contributed by atoms with Gasteiger partial charge in [0.15, 0.2) is 5.82 Å². The van der Waals surface area contributed by atoms with Crippen molar-refractivity contribution in [1.82, 2.24) is 15.0 Å². The van der Waals surface area contributed by atoms with Crippen LogP contribution in [-0.4, -0.2) is 29.1 Å². The van der Waals surface area contributed by atoms with E-state index in [2.05, 4.69) is 24.0 Å². The number of aromatic nitrogens is 2. The highest BCUT2D eigenvalue weighted by molar-refractivity contribution is 4.94. The van der Waals surface area contributed by atoms with Crippen LogP contribution in [0, 0.1) is 0 Å². The Hall–Kier alpha value is -0.900. The van der Waals surface area contributed by atoms with Gasteiger partial charge in [0.1, 0.15) is 0 Å². The summed E-state index contributed by atoms with van der Waals surface area (Å²) in [7, 11) is 3.98. The second-order valence-corrected chi connectivity index (χ2v) is 3.79. The quantitative estimate of drug-likeness (QED) is 0.716. The zero-order valence-corrected chi connectivity index (χ0v) is 8.90. The zero-order chi connectivity index (χ0) is 10.0. The van der Waals surface area contributed by atoms with Gasteiger partial charge < -0.3 is 4.52 Å². The Kier molecular flexibility index (Phi) is 3.03. The largest absolute Gasteiger partial charge is 0.338 e. The third-order valence-electron chi connectivity index (χ3n) is 2.11. The van der Waals surface area contributed by atoms with E-state index in [1.165, 1.54) is 0 Å². The highest BCUT2D eigenvalue weighted by Gasteiger charge is 2.16. The van der Waals surface area contributed by atoms with E-state index in [4.69, 9.17) is 4.52 Å². The Morgan fingerprint density at radius 3 is 2.23 bits per heavy atom. The number of nitrogens with zero attached hydrogens (tertiary/aromatic N) is 3. The lowest BCUT2D eigenvalue weighted by atomic mass is 10.2. The smallest absolute Gasteiger partial charge is 0.243 e. The predicted octanol–water partition coefficient (Wildman–Crippen LogP) is 1.82. The molecule has 0 bridgehead atoms. The molecule has 1 aromatic rings. The van der Waals surface area contributed by atoms with E-state index < -0.39 is 0 Å². The average molecular weight is 183 g/mol. The van der Waals surface area contributed by atoms with Gasteiger partial charge in [0.2, 0.25) is 5.89 Å². The first kappa shape index (κ1) is 10.2. The van der Waals surface area contributed by atoms with E-state index in [0.29, 0.717) is 11.8 Å². The molecule has 74 valence electrons. The van der Waals surface area contributed by atoms with Crippen molar-refractivity contribution in [2.45, 2.75) is 32.7 Å². The van der Waals surface area contributed by atoms with E-state index in [1.807, 2.05) is 25.9 Å². The monoisotopic (exact) mass is 183 g/mol. The maximum Gasteiger partial charge on any atom is 0.243 e.